The highest BCUT2D eigenvalue weighted by molar-refractivity contribution is 6.32. The van der Waals surface area contributed by atoms with Crippen LogP contribution in [0, 0.1) is 0 Å². The van der Waals surface area contributed by atoms with Crippen LogP contribution in [0.5, 0.6) is 11.5 Å². The summed E-state index contributed by atoms with van der Waals surface area (Å²) >= 11 is 11.8. The average Bonchev–Trinajstić information content (AvgIpc) is 3.95. The maximum atomic E-state index is 13.3. The van der Waals surface area contributed by atoms with Crippen LogP contribution >= 0.6 is 23.2 Å². The summed E-state index contributed by atoms with van der Waals surface area (Å²) in [6, 6.07) is 14.5. The zero-order chi connectivity index (χ0) is 44.2. The standard InChI is InChI=1S/C38H42Cl2N14O8/c39-29-33(43)53-31(41)27(51-29)35(55)49-13-11-45-15-19(17-59-25-5-1-3-23-21(25)7-9-47-23)61-37(57)38(58)62-20(18-60-26-6-2-4-24-22(26)8-10-48-24)16-46-12-14-50-36(56)28-32(42)54-34(44)30(40)52-28/h1-10,19-20,45-48H,11-18H2,(H,49,55)(H,50,56)(H4,41,43,53)(H4,42,44,54). The molecule has 0 radical (unpaired) electrons. The van der Waals surface area contributed by atoms with E-state index in [4.69, 9.17) is 65.1 Å². The SMILES string of the molecule is Nc1nc(N)c(C(=O)NCCNCC(COc2cccc3[nH]ccc23)OC(=O)C(=O)OC(CNCCNC(=O)c2nc(Cl)c(N)nc2N)COc2cccc3[nH]ccc23)nc1Cl. The molecular weight excluding hydrogens is 851 g/mol. The highest BCUT2D eigenvalue weighted by Gasteiger charge is 2.27. The molecule has 6 rings (SSSR count). The fraction of sp³-hybridized carbons (Fsp3) is 0.263. The van der Waals surface area contributed by atoms with E-state index in [2.05, 4.69) is 51.2 Å². The van der Waals surface area contributed by atoms with Crippen molar-refractivity contribution in [2.75, 3.05) is 75.4 Å². The van der Waals surface area contributed by atoms with Crippen molar-refractivity contribution in [1.29, 1.82) is 0 Å². The Kier molecular flexibility index (Phi) is 15.0. The molecule has 62 heavy (non-hydrogen) atoms. The summed E-state index contributed by atoms with van der Waals surface area (Å²) in [4.78, 5) is 73.5. The van der Waals surface area contributed by atoms with Crippen LogP contribution in [-0.4, -0.2) is 118 Å². The monoisotopic (exact) mass is 892 g/mol. The number of aromatic nitrogens is 6. The van der Waals surface area contributed by atoms with Crippen LogP contribution in [0.1, 0.15) is 21.0 Å². The molecule has 4 heterocycles. The summed E-state index contributed by atoms with van der Waals surface area (Å²) in [6.45, 7) is 0.185. The predicted molar refractivity (Wildman–Crippen MR) is 229 cm³/mol. The van der Waals surface area contributed by atoms with Gasteiger partial charge in [-0.3, -0.25) is 9.59 Å². The van der Waals surface area contributed by atoms with E-state index < -0.39 is 36.0 Å². The molecule has 0 aliphatic heterocycles. The Labute approximate surface area is 362 Å². The number of esters is 2. The first-order chi connectivity index (χ1) is 29.9. The molecule has 0 spiro atoms. The topological polar surface area (TPSA) is 341 Å². The summed E-state index contributed by atoms with van der Waals surface area (Å²) in [5.41, 5.74) is 24.0. The summed E-state index contributed by atoms with van der Waals surface area (Å²) in [7, 11) is 0. The van der Waals surface area contributed by atoms with Gasteiger partial charge in [-0.1, -0.05) is 35.3 Å². The molecular formula is C38H42Cl2N14O8. The van der Waals surface area contributed by atoms with Gasteiger partial charge in [-0.25, -0.2) is 29.5 Å². The number of hydrogen-bond donors (Lipinski definition) is 10. The summed E-state index contributed by atoms with van der Waals surface area (Å²) in [5, 5.41) is 12.6. The van der Waals surface area contributed by atoms with Gasteiger partial charge in [0.15, 0.2) is 45.0 Å². The van der Waals surface area contributed by atoms with Gasteiger partial charge in [-0.15, -0.1) is 0 Å². The highest BCUT2D eigenvalue weighted by Crippen LogP contribution is 2.26. The minimum atomic E-state index is -1.30. The second kappa shape index (κ2) is 20.9. The summed E-state index contributed by atoms with van der Waals surface area (Å²) < 4.78 is 23.3. The van der Waals surface area contributed by atoms with Gasteiger partial charge in [-0.2, -0.15) is 0 Å². The van der Waals surface area contributed by atoms with Crippen LogP contribution in [-0.2, 0) is 19.1 Å². The lowest BCUT2D eigenvalue weighted by molar-refractivity contribution is -0.175. The number of carbonyl (C=O) groups is 4. The number of fused-ring (bicyclic) bond motifs is 2. The lowest BCUT2D eigenvalue weighted by atomic mass is 10.2. The van der Waals surface area contributed by atoms with Crippen LogP contribution in [0.2, 0.25) is 10.3 Å². The molecule has 24 heteroatoms. The number of nitrogens with two attached hydrogens (primary N) is 4. The number of anilines is 4. The van der Waals surface area contributed by atoms with E-state index in [-0.39, 0.29) is 97.4 Å². The van der Waals surface area contributed by atoms with Crippen LogP contribution in [0.4, 0.5) is 23.3 Å². The van der Waals surface area contributed by atoms with Gasteiger partial charge in [0, 0.05) is 73.5 Å². The van der Waals surface area contributed by atoms with Crippen LogP contribution in [0.3, 0.4) is 0 Å². The molecule has 14 N–H and O–H groups in total. The van der Waals surface area contributed by atoms with Crippen LogP contribution in [0.15, 0.2) is 60.9 Å². The zero-order valence-corrected chi connectivity index (χ0v) is 34.2. The van der Waals surface area contributed by atoms with E-state index in [9.17, 15) is 19.2 Å². The zero-order valence-electron chi connectivity index (χ0n) is 32.7. The van der Waals surface area contributed by atoms with Gasteiger partial charge in [0.25, 0.3) is 11.8 Å². The van der Waals surface area contributed by atoms with E-state index in [1.54, 1.807) is 36.7 Å². The molecule has 0 bridgehead atoms. The van der Waals surface area contributed by atoms with E-state index in [1.807, 2.05) is 24.3 Å². The number of amides is 2. The molecule has 2 unspecified atom stereocenters. The molecule has 4 aromatic heterocycles. The molecule has 2 amide bonds. The number of nitrogens with one attached hydrogen (secondary N) is 6. The third-order valence-electron chi connectivity index (χ3n) is 8.83. The molecule has 6 aromatic rings. The smallest absolute Gasteiger partial charge is 0.417 e. The minimum absolute atomic E-state index is 0.00602. The number of aromatic amines is 2. The maximum Gasteiger partial charge on any atom is 0.417 e. The number of benzene rings is 2. The lowest BCUT2D eigenvalue weighted by Crippen LogP contribution is -2.43. The third-order valence-corrected chi connectivity index (χ3v) is 9.39. The molecule has 0 saturated heterocycles. The van der Waals surface area contributed by atoms with Crippen molar-refractivity contribution < 1.29 is 38.1 Å². The number of hydrogen-bond acceptors (Lipinski definition) is 18. The molecule has 0 saturated carbocycles. The van der Waals surface area contributed by atoms with Gasteiger partial charge >= 0.3 is 11.9 Å². The number of ether oxygens (including phenoxy) is 4. The van der Waals surface area contributed by atoms with Gasteiger partial charge in [0.05, 0.1) is 0 Å². The summed E-state index contributed by atoms with van der Waals surface area (Å²) in [6.07, 6.45) is 1.47. The quantitative estimate of drug-likeness (QED) is 0.0292. The average molecular weight is 894 g/mol. The van der Waals surface area contributed by atoms with Crippen molar-refractivity contribution in [3.63, 3.8) is 0 Å². The maximum absolute atomic E-state index is 13.3. The normalized spacial score (nSPS) is 12.1. The van der Waals surface area contributed by atoms with Crippen molar-refractivity contribution >= 4 is 92.0 Å². The van der Waals surface area contributed by atoms with E-state index in [0.29, 0.717) is 11.5 Å². The van der Waals surface area contributed by atoms with Gasteiger partial charge < -0.3 is 73.1 Å². The van der Waals surface area contributed by atoms with Crippen molar-refractivity contribution in [3.8, 4) is 11.5 Å². The van der Waals surface area contributed by atoms with Crippen molar-refractivity contribution in [1.82, 2.24) is 51.2 Å². The second-order valence-corrected chi connectivity index (χ2v) is 14.0. The Morgan fingerprint density at radius 1 is 0.581 bits per heavy atom. The largest absolute Gasteiger partial charge is 0.489 e. The fourth-order valence-corrected chi connectivity index (χ4v) is 6.09. The van der Waals surface area contributed by atoms with Crippen molar-refractivity contribution in [3.05, 3.63) is 82.6 Å². The Morgan fingerprint density at radius 2 is 1.00 bits per heavy atom. The first kappa shape index (κ1) is 44.4. The molecule has 22 nitrogen and oxygen atoms in total. The number of halogens is 2. The minimum Gasteiger partial charge on any atom is -0.489 e. The van der Waals surface area contributed by atoms with Gasteiger partial charge in [0.1, 0.15) is 36.9 Å². The molecule has 2 atom stereocenters. The number of carbonyl (C=O) groups excluding carboxylic acids is 4. The van der Waals surface area contributed by atoms with E-state index >= 15 is 0 Å². The Balaban J connectivity index is 1.06. The molecule has 0 aliphatic rings. The first-order valence-electron chi connectivity index (χ1n) is 18.8. The summed E-state index contributed by atoms with van der Waals surface area (Å²) in [5.74, 6) is -3.48. The molecule has 2 aromatic carbocycles. The van der Waals surface area contributed by atoms with Crippen molar-refractivity contribution in [2.24, 2.45) is 0 Å². The van der Waals surface area contributed by atoms with E-state index in [1.165, 1.54) is 0 Å². The van der Waals surface area contributed by atoms with Crippen molar-refractivity contribution in [2.45, 2.75) is 12.2 Å². The Bertz CT molecular complexity index is 2380. The Morgan fingerprint density at radius 3 is 1.42 bits per heavy atom. The predicted octanol–water partition coefficient (Wildman–Crippen LogP) is 1.19. The number of nitrogens with zero attached hydrogens (tertiary/aromatic N) is 4. The molecule has 326 valence electrons. The number of nitrogen functional groups attached to an aromatic ring is 4. The third kappa shape index (κ3) is 11.6. The number of H-pyrrole nitrogens is 2. The Hall–Kier alpha value is -7.14. The lowest BCUT2D eigenvalue weighted by Gasteiger charge is -2.21. The van der Waals surface area contributed by atoms with Gasteiger partial charge in [0.2, 0.25) is 0 Å². The molecule has 0 aliphatic carbocycles. The fourth-order valence-electron chi connectivity index (χ4n) is 5.84. The van der Waals surface area contributed by atoms with Crippen LogP contribution in [0.25, 0.3) is 21.8 Å². The second-order valence-electron chi connectivity index (χ2n) is 13.3. The van der Waals surface area contributed by atoms with Gasteiger partial charge in [-0.05, 0) is 36.4 Å². The highest BCUT2D eigenvalue weighted by atomic mass is 35.5. The number of rotatable bonds is 20. The van der Waals surface area contributed by atoms with E-state index in [0.717, 1.165) is 21.8 Å². The molecule has 0 fully saturated rings. The first-order valence-corrected chi connectivity index (χ1v) is 19.6. The van der Waals surface area contributed by atoms with Crippen LogP contribution < -0.4 is 53.7 Å².